The maximum Gasteiger partial charge on any atom is 0.243 e. The number of aryl methyl sites for hydroxylation is 2. The standard InChI is InChI=1S/C14H23N5O/c1-5-6-13-17-14(20-18-13)12(4)16-11(3)9-19-8-10(2)7-15-19/h7-8,11-12,16H,5-6,9H2,1-4H3/t11-,12+/m0/s1. The summed E-state index contributed by atoms with van der Waals surface area (Å²) in [5.41, 5.74) is 1.17. The molecule has 0 aromatic carbocycles. The van der Waals surface area contributed by atoms with Gasteiger partial charge in [-0.05, 0) is 32.8 Å². The van der Waals surface area contributed by atoms with Gasteiger partial charge in [0.2, 0.25) is 5.89 Å². The Morgan fingerprint density at radius 2 is 2.20 bits per heavy atom. The van der Waals surface area contributed by atoms with E-state index in [-0.39, 0.29) is 12.1 Å². The lowest BCUT2D eigenvalue weighted by atomic mass is 10.2. The molecular formula is C14H23N5O. The summed E-state index contributed by atoms with van der Waals surface area (Å²) >= 11 is 0. The van der Waals surface area contributed by atoms with Crippen LogP contribution in [0.5, 0.6) is 0 Å². The molecule has 0 bridgehead atoms. The summed E-state index contributed by atoms with van der Waals surface area (Å²) in [7, 11) is 0. The number of aromatic nitrogens is 4. The molecule has 6 nitrogen and oxygen atoms in total. The Hall–Kier alpha value is -1.69. The molecule has 1 N–H and O–H groups in total. The van der Waals surface area contributed by atoms with Crippen LogP contribution in [0, 0.1) is 6.92 Å². The second-order valence-electron chi connectivity index (χ2n) is 5.33. The van der Waals surface area contributed by atoms with Crippen LogP contribution in [0.2, 0.25) is 0 Å². The third-order valence-corrected chi connectivity index (χ3v) is 3.09. The fourth-order valence-corrected chi connectivity index (χ4v) is 2.17. The Labute approximate surface area is 119 Å². The Morgan fingerprint density at radius 1 is 1.40 bits per heavy atom. The summed E-state index contributed by atoms with van der Waals surface area (Å²) in [6, 6.07) is 0.311. The molecule has 0 amide bonds. The monoisotopic (exact) mass is 277 g/mol. The highest BCUT2D eigenvalue weighted by molar-refractivity contribution is 4.99. The quantitative estimate of drug-likeness (QED) is 0.840. The molecule has 0 aliphatic rings. The van der Waals surface area contributed by atoms with Crippen molar-refractivity contribution in [2.24, 2.45) is 0 Å². The predicted molar refractivity (Wildman–Crippen MR) is 76.3 cm³/mol. The van der Waals surface area contributed by atoms with Crippen LogP contribution in [0.1, 0.15) is 50.5 Å². The number of hydrogen-bond donors (Lipinski definition) is 1. The third-order valence-electron chi connectivity index (χ3n) is 3.09. The third kappa shape index (κ3) is 3.90. The molecule has 2 aromatic heterocycles. The average molecular weight is 277 g/mol. The second kappa shape index (κ2) is 6.65. The Bertz CT molecular complexity index is 533. The van der Waals surface area contributed by atoms with E-state index in [0.717, 1.165) is 25.2 Å². The fourth-order valence-electron chi connectivity index (χ4n) is 2.17. The minimum absolute atomic E-state index is 0.0414. The van der Waals surface area contributed by atoms with Crippen LogP contribution in [-0.2, 0) is 13.0 Å². The van der Waals surface area contributed by atoms with E-state index < -0.39 is 0 Å². The molecule has 110 valence electrons. The van der Waals surface area contributed by atoms with Gasteiger partial charge in [0.15, 0.2) is 5.82 Å². The summed E-state index contributed by atoms with van der Waals surface area (Å²) in [6.07, 6.45) is 5.79. The van der Waals surface area contributed by atoms with Crippen molar-refractivity contribution < 1.29 is 4.52 Å². The second-order valence-corrected chi connectivity index (χ2v) is 5.33. The van der Waals surface area contributed by atoms with E-state index in [9.17, 15) is 0 Å². The summed E-state index contributed by atoms with van der Waals surface area (Å²) in [5, 5.41) is 11.7. The summed E-state index contributed by atoms with van der Waals surface area (Å²) in [5.74, 6) is 1.43. The van der Waals surface area contributed by atoms with Gasteiger partial charge in [-0.2, -0.15) is 10.1 Å². The SMILES string of the molecule is CCCc1noc([C@@H](C)N[C@@H](C)Cn2cc(C)cn2)n1. The van der Waals surface area contributed by atoms with Crippen molar-refractivity contribution in [2.45, 2.75) is 59.2 Å². The van der Waals surface area contributed by atoms with Crippen molar-refractivity contribution >= 4 is 0 Å². The van der Waals surface area contributed by atoms with Gasteiger partial charge in [0.05, 0.1) is 18.8 Å². The topological polar surface area (TPSA) is 68.8 Å². The van der Waals surface area contributed by atoms with Crippen molar-refractivity contribution in [3.05, 3.63) is 29.7 Å². The van der Waals surface area contributed by atoms with Gasteiger partial charge in [-0.1, -0.05) is 12.1 Å². The Morgan fingerprint density at radius 3 is 2.85 bits per heavy atom. The van der Waals surface area contributed by atoms with E-state index >= 15 is 0 Å². The minimum atomic E-state index is 0.0414. The van der Waals surface area contributed by atoms with Gasteiger partial charge in [0.1, 0.15) is 0 Å². The van der Waals surface area contributed by atoms with E-state index in [1.54, 1.807) is 0 Å². The maximum absolute atomic E-state index is 5.29. The first-order valence-corrected chi connectivity index (χ1v) is 7.16. The largest absolute Gasteiger partial charge is 0.338 e. The van der Waals surface area contributed by atoms with Crippen molar-refractivity contribution in [3.8, 4) is 0 Å². The van der Waals surface area contributed by atoms with Crippen LogP contribution >= 0.6 is 0 Å². The first-order chi connectivity index (χ1) is 9.58. The van der Waals surface area contributed by atoms with E-state index in [4.69, 9.17) is 4.52 Å². The highest BCUT2D eigenvalue weighted by Gasteiger charge is 2.16. The van der Waals surface area contributed by atoms with E-state index in [1.807, 2.05) is 30.9 Å². The molecule has 2 heterocycles. The zero-order chi connectivity index (χ0) is 14.5. The number of nitrogens with one attached hydrogen (secondary N) is 1. The molecule has 0 spiro atoms. The smallest absolute Gasteiger partial charge is 0.243 e. The van der Waals surface area contributed by atoms with Crippen molar-refractivity contribution in [3.63, 3.8) is 0 Å². The summed E-state index contributed by atoms with van der Waals surface area (Å²) in [6.45, 7) is 9.11. The molecule has 0 radical (unpaired) electrons. The molecule has 6 heteroatoms. The van der Waals surface area contributed by atoms with Crippen LogP contribution in [0.15, 0.2) is 16.9 Å². The van der Waals surface area contributed by atoms with Crippen molar-refractivity contribution in [1.29, 1.82) is 0 Å². The number of hydrogen-bond acceptors (Lipinski definition) is 5. The van der Waals surface area contributed by atoms with Crippen molar-refractivity contribution in [1.82, 2.24) is 25.2 Å². The molecule has 2 aromatic rings. The molecule has 0 fully saturated rings. The zero-order valence-electron chi connectivity index (χ0n) is 12.6. The fraction of sp³-hybridized carbons (Fsp3) is 0.643. The van der Waals surface area contributed by atoms with Gasteiger partial charge in [-0.15, -0.1) is 0 Å². The van der Waals surface area contributed by atoms with Gasteiger partial charge in [0.25, 0.3) is 0 Å². The van der Waals surface area contributed by atoms with Crippen LogP contribution < -0.4 is 5.32 Å². The van der Waals surface area contributed by atoms with Crippen LogP contribution in [0.4, 0.5) is 0 Å². The zero-order valence-corrected chi connectivity index (χ0v) is 12.6. The number of nitrogens with zero attached hydrogens (tertiary/aromatic N) is 4. The van der Waals surface area contributed by atoms with Crippen LogP contribution in [0.3, 0.4) is 0 Å². The van der Waals surface area contributed by atoms with E-state index in [0.29, 0.717) is 5.89 Å². The Balaban J connectivity index is 1.87. The maximum atomic E-state index is 5.29. The summed E-state index contributed by atoms with van der Waals surface area (Å²) in [4.78, 5) is 4.40. The van der Waals surface area contributed by atoms with Gasteiger partial charge in [-0.3, -0.25) is 4.68 Å². The predicted octanol–water partition coefficient (Wildman–Crippen LogP) is 2.27. The van der Waals surface area contributed by atoms with E-state index in [2.05, 4.69) is 34.4 Å². The lowest BCUT2D eigenvalue weighted by molar-refractivity contribution is 0.314. The lowest BCUT2D eigenvalue weighted by Crippen LogP contribution is -2.33. The van der Waals surface area contributed by atoms with Crippen molar-refractivity contribution in [2.75, 3.05) is 0 Å². The number of rotatable bonds is 7. The first-order valence-electron chi connectivity index (χ1n) is 7.16. The molecule has 0 saturated carbocycles. The van der Waals surface area contributed by atoms with Crippen LogP contribution in [-0.4, -0.2) is 26.0 Å². The van der Waals surface area contributed by atoms with Gasteiger partial charge < -0.3 is 9.84 Å². The average Bonchev–Trinajstić information content (AvgIpc) is 2.99. The van der Waals surface area contributed by atoms with Gasteiger partial charge in [-0.25, -0.2) is 0 Å². The van der Waals surface area contributed by atoms with E-state index in [1.165, 1.54) is 5.56 Å². The lowest BCUT2D eigenvalue weighted by Gasteiger charge is -2.17. The molecule has 20 heavy (non-hydrogen) atoms. The van der Waals surface area contributed by atoms with Gasteiger partial charge >= 0.3 is 0 Å². The molecule has 0 aliphatic carbocycles. The molecule has 2 rings (SSSR count). The molecule has 0 saturated heterocycles. The minimum Gasteiger partial charge on any atom is -0.338 e. The highest BCUT2D eigenvalue weighted by Crippen LogP contribution is 2.11. The molecule has 0 unspecified atom stereocenters. The highest BCUT2D eigenvalue weighted by atomic mass is 16.5. The molecule has 2 atom stereocenters. The Kier molecular flexibility index (Phi) is 4.89. The first kappa shape index (κ1) is 14.7. The van der Waals surface area contributed by atoms with Crippen LogP contribution in [0.25, 0.3) is 0 Å². The molecular weight excluding hydrogens is 254 g/mol. The molecule has 0 aliphatic heterocycles. The normalized spacial score (nSPS) is 14.4. The summed E-state index contributed by atoms with van der Waals surface area (Å²) < 4.78 is 7.23. The van der Waals surface area contributed by atoms with Gasteiger partial charge in [0, 0.05) is 18.7 Å².